The van der Waals surface area contributed by atoms with Gasteiger partial charge in [-0.3, -0.25) is 28.0 Å². The summed E-state index contributed by atoms with van der Waals surface area (Å²) in [5, 5.41) is 42.9. The van der Waals surface area contributed by atoms with Crippen LogP contribution >= 0.6 is 0 Å². The fraction of sp³-hybridized carbons (Fsp3) is 0.462. The molecule has 4 amide bonds. The highest BCUT2D eigenvalue weighted by molar-refractivity contribution is 5.97. The Balaban J connectivity index is 0.000000231. The molecule has 2 unspecified atom stereocenters. The zero-order valence-electron chi connectivity index (χ0n) is 64.6. The normalized spacial score (nSPS) is 19.2. The minimum atomic E-state index is -5.19. The molecule has 4 aromatic carbocycles. The Morgan fingerprint density at radius 1 is 0.517 bits per heavy atom. The Morgan fingerprint density at radius 2 is 0.873 bits per heavy atom. The smallest absolute Gasteiger partial charge is 0.430 e. The fourth-order valence-electron chi connectivity index (χ4n) is 14.6. The van der Waals surface area contributed by atoms with Crippen molar-refractivity contribution >= 4 is 69.9 Å². The van der Waals surface area contributed by atoms with Crippen LogP contribution in [0.5, 0.6) is 11.5 Å². The number of nitrogens with one attached hydrogen (secondary N) is 8. The van der Waals surface area contributed by atoms with E-state index in [0.29, 0.717) is 97.3 Å². The SMILES string of the molecule is CCc1cc(Nc2nccn3c(-c4ccc(OC(F)F)c(F)c4F)cnc23)ccc1C(=O)NCCCNC(=O)C1CC[N+](C)(CC2CCNC2)CC1.CCc1cc(Nc2nccn3c(-c4ccc(OC(F)F)c(F)c4F)cnc23)ccc1C(=O)NCCCNC(=O)C1CC[N+](C)(CC2CCNC2)CC1.O=C([O-])C(F)(F)F.O=C([O-])C(F)(F)F. The van der Waals surface area contributed by atoms with E-state index in [1.165, 1.54) is 71.9 Å². The van der Waals surface area contributed by atoms with Crippen LogP contribution in [-0.2, 0) is 32.0 Å². The van der Waals surface area contributed by atoms with Crippen molar-refractivity contribution in [1.82, 2.24) is 60.6 Å². The number of carboxylic acid groups (broad SMARTS) is 2. The van der Waals surface area contributed by atoms with Crippen LogP contribution in [0.25, 0.3) is 33.8 Å². The van der Waals surface area contributed by atoms with Crippen LogP contribution in [0.1, 0.15) is 97.1 Å². The van der Waals surface area contributed by atoms with E-state index >= 15 is 0 Å². The molecule has 0 saturated carbocycles. The Hall–Kier alpha value is -11.0. The number of amides is 4. The van der Waals surface area contributed by atoms with Gasteiger partial charge in [0.05, 0.1) is 77.1 Å². The molecule has 640 valence electrons. The number of hydrogen-bond acceptors (Lipinski definition) is 18. The number of piperidine rings is 2. The third-order valence-corrected chi connectivity index (χ3v) is 20.8. The first kappa shape index (κ1) is 90.9. The van der Waals surface area contributed by atoms with Crippen LogP contribution in [0.2, 0.25) is 0 Å². The maximum Gasteiger partial charge on any atom is 0.430 e. The third-order valence-electron chi connectivity index (χ3n) is 20.8. The Labute approximate surface area is 668 Å². The fourth-order valence-corrected chi connectivity index (χ4v) is 14.6. The highest BCUT2D eigenvalue weighted by Gasteiger charge is 2.38. The predicted octanol–water partition coefficient (Wildman–Crippen LogP) is 9.17. The molecule has 118 heavy (non-hydrogen) atoms. The minimum Gasteiger partial charge on any atom is -0.542 e. The number of nitrogens with zero attached hydrogens (tertiary/aromatic N) is 8. The number of quaternary nitrogens is 2. The number of aliphatic carboxylic acids is 2. The van der Waals surface area contributed by atoms with Crippen molar-refractivity contribution in [3.05, 3.63) is 143 Å². The molecule has 4 aliphatic rings. The molecule has 0 bridgehead atoms. The molecule has 4 aromatic heterocycles. The Bertz CT molecular complexity index is 4500. The van der Waals surface area contributed by atoms with E-state index in [4.69, 9.17) is 19.8 Å². The number of carboxylic acids is 2. The van der Waals surface area contributed by atoms with Crippen molar-refractivity contribution in [3.8, 4) is 34.0 Å². The van der Waals surface area contributed by atoms with E-state index in [1.54, 1.807) is 24.3 Å². The number of likely N-dealkylation sites (tertiary alicyclic amines) is 2. The number of rotatable bonds is 28. The van der Waals surface area contributed by atoms with Gasteiger partial charge in [0.1, 0.15) is 11.9 Å². The van der Waals surface area contributed by atoms with E-state index in [0.717, 1.165) is 134 Å². The zero-order chi connectivity index (χ0) is 85.8. The highest BCUT2D eigenvalue weighted by Crippen LogP contribution is 2.36. The number of carbonyl (C=O) groups is 6. The maximum absolute atomic E-state index is 14.9. The largest absolute Gasteiger partial charge is 0.542 e. The summed E-state index contributed by atoms with van der Waals surface area (Å²) in [6, 6.07) is 14.7. The second-order valence-electron chi connectivity index (χ2n) is 29.3. The van der Waals surface area contributed by atoms with Crippen LogP contribution in [-0.4, -0.2) is 205 Å². The van der Waals surface area contributed by atoms with Crippen LogP contribution in [0.3, 0.4) is 0 Å². The number of imidazole rings is 2. The van der Waals surface area contributed by atoms with Crippen LogP contribution in [0.15, 0.2) is 97.8 Å². The summed E-state index contributed by atoms with van der Waals surface area (Å²) in [6.07, 6.45) is 6.64. The molecule has 4 aliphatic heterocycles. The van der Waals surface area contributed by atoms with Crippen molar-refractivity contribution in [2.45, 2.75) is 104 Å². The van der Waals surface area contributed by atoms with Gasteiger partial charge in [-0.05, 0) is 123 Å². The minimum absolute atomic E-state index is 0.0434. The molecular formula is C78H90F14N16O10. The average molecular weight is 1680 g/mol. The Kier molecular flexibility index (Phi) is 31.5. The molecule has 26 nitrogen and oxygen atoms in total. The molecule has 12 rings (SSSR count). The summed E-state index contributed by atoms with van der Waals surface area (Å²) < 4.78 is 185. The molecule has 4 fully saturated rings. The molecule has 40 heteroatoms. The third kappa shape index (κ3) is 24.6. The molecule has 8 N–H and O–H groups in total. The van der Waals surface area contributed by atoms with Crippen molar-refractivity contribution < 1.29 is 119 Å². The number of ether oxygens (including phenoxy) is 2. The summed E-state index contributed by atoms with van der Waals surface area (Å²) in [5.41, 5.74) is 4.45. The summed E-state index contributed by atoms with van der Waals surface area (Å²) in [5.74, 6) is -11.6. The molecule has 8 heterocycles. The van der Waals surface area contributed by atoms with Gasteiger partial charge in [-0.1, -0.05) is 13.8 Å². The molecular weight excluding hydrogens is 1590 g/mol. The van der Waals surface area contributed by atoms with E-state index in [2.05, 4.69) is 86.0 Å². The zero-order valence-corrected chi connectivity index (χ0v) is 64.6. The van der Waals surface area contributed by atoms with Gasteiger partial charge in [0, 0.05) is 147 Å². The number of hydrogen-bond donors (Lipinski definition) is 8. The molecule has 0 radical (unpaired) electrons. The van der Waals surface area contributed by atoms with Gasteiger partial charge in [-0.15, -0.1) is 0 Å². The molecule has 0 aliphatic carbocycles. The topological polar surface area (TPSA) is 324 Å². The number of carbonyl (C=O) groups excluding carboxylic acids is 6. The number of fused-ring (bicyclic) bond motifs is 2. The Morgan fingerprint density at radius 3 is 1.19 bits per heavy atom. The predicted molar refractivity (Wildman–Crippen MR) is 399 cm³/mol. The van der Waals surface area contributed by atoms with Gasteiger partial charge in [-0.25, -0.2) is 28.7 Å². The lowest BCUT2D eigenvalue weighted by molar-refractivity contribution is -0.917. The molecule has 8 aromatic rings. The summed E-state index contributed by atoms with van der Waals surface area (Å²) >= 11 is 0. The number of aromatic nitrogens is 6. The molecule has 4 saturated heterocycles. The summed E-state index contributed by atoms with van der Waals surface area (Å²) in [7, 11) is 4.63. The van der Waals surface area contributed by atoms with E-state index < -0.39 is 72.3 Å². The van der Waals surface area contributed by atoms with Crippen LogP contribution in [0.4, 0.5) is 84.5 Å². The second-order valence-corrected chi connectivity index (χ2v) is 29.3. The van der Waals surface area contributed by atoms with Gasteiger partial charge >= 0.3 is 25.6 Å². The first-order valence-electron chi connectivity index (χ1n) is 38.1. The van der Waals surface area contributed by atoms with Crippen molar-refractivity contribution in [1.29, 1.82) is 0 Å². The number of halogens is 14. The lowest BCUT2D eigenvalue weighted by atomic mass is 9.93. The monoisotopic (exact) mass is 1680 g/mol. The maximum atomic E-state index is 14.9. The van der Waals surface area contributed by atoms with Gasteiger partial charge in [0.15, 0.2) is 46.1 Å². The second kappa shape index (κ2) is 40.9. The van der Waals surface area contributed by atoms with Crippen molar-refractivity contribution in [2.24, 2.45) is 23.7 Å². The quantitative estimate of drug-likeness (QED) is 0.0129. The number of aryl methyl sites for hydroxylation is 2. The average Bonchev–Trinajstić information content (AvgIpc) is 1.61. The van der Waals surface area contributed by atoms with E-state index in [1.807, 2.05) is 26.0 Å². The number of benzene rings is 4. The molecule has 0 spiro atoms. The van der Waals surface area contributed by atoms with Gasteiger partial charge in [0.25, 0.3) is 11.8 Å². The van der Waals surface area contributed by atoms with Crippen LogP contribution in [0, 0.1) is 46.9 Å². The van der Waals surface area contributed by atoms with E-state index in [-0.39, 0.29) is 58.0 Å². The first-order valence-corrected chi connectivity index (χ1v) is 38.1. The van der Waals surface area contributed by atoms with Gasteiger partial charge in [-0.2, -0.15) is 52.7 Å². The standard InChI is InChI=1S/2C37H44F4N8O3.2C2HF3O2/c2*1-3-24-19-26(47-33-34-46-21-29(48(34)16-15-43-33)28-7-8-30(52-37(40)41)32(39)31(28)38)5-6-27(24)36(51)45-13-4-12-44-35(50)25-10-17-49(2,18-11-25)22-23-9-14-42-20-23;2*3-2(4,5)1(6)7/h2*5-8,15-16,19,21,23,25,37,42H,3-4,9-14,17-18,20,22H2,1-2H3,(H2-,43,44,45,47,50,51);2*(H,6,7). The number of alkyl halides is 10. The first-order chi connectivity index (χ1) is 56.0. The lowest BCUT2D eigenvalue weighted by Crippen LogP contribution is -2.54. The van der Waals surface area contributed by atoms with Gasteiger partial charge in [0.2, 0.25) is 23.4 Å². The summed E-state index contributed by atoms with van der Waals surface area (Å²) in [4.78, 5) is 86.8. The lowest BCUT2D eigenvalue weighted by Gasteiger charge is -2.41. The van der Waals surface area contributed by atoms with E-state index in [9.17, 15) is 80.6 Å². The molecule has 2 atom stereocenters. The highest BCUT2D eigenvalue weighted by atomic mass is 19.4. The van der Waals surface area contributed by atoms with Crippen molar-refractivity contribution in [3.63, 3.8) is 0 Å². The number of anilines is 4. The van der Waals surface area contributed by atoms with Gasteiger partial charge < -0.3 is 80.8 Å². The van der Waals surface area contributed by atoms with Crippen LogP contribution < -0.4 is 62.2 Å². The summed E-state index contributed by atoms with van der Waals surface area (Å²) in [6.45, 7) is 9.97. The van der Waals surface area contributed by atoms with Crippen molar-refractivity contribution in [2.75, 3.05) is 116 Å².